The summed E-state index contributed by atoms with van der Waals surface area (Å²) in [5.74, 6) is -2.67. The number of hydrogen-bond acceptors (Lipinski definition) is 6. The predicted octanol–water partition coefficient (Wildman–Crippen LogP) is -0.0136. The molecule has 0 amide bonds. The van der Waals surface area contributed by atoms with Crippen LogP contribution >= 0.6 is 0 Å². The molecular formula is C10H12O6. The van der Waals surface area contributed by atoms with Crippen molar-refractivity contribution in [3.8, 4) is 0 Å². The lowest BCUT2D eigenvalue weighted by Gasteiger charge is -2.15. The Morgan fingerprint density at radius 1 is 1.19 bits per heavy atom. The summed E-state index contributed by atoms with van der Waals surface area (Å²) in [4.78, 5) is 33.2. The number of carbonyl (C=O) groups is 3. The first-order valence-corrected chi connectivity index (χ1v) is 4.15. The van der Waals surface area contributed by atoms with Crippen molar-refractivity contribution in [3.63, 3.8) is 0 Å². The lowest BCUT2D eigenvalue weighted by atomic mass is 10.1. The Labute approximate surface area is 92.5 Å². The fourth-order valence-corrected chi connectivity index (χ4v) is 0.771. The standard InChI is InChI=1S/C10H12O6/c1-5-7(11)16-8(10(13)15-4)6(2)9(12)14-3/h5,8H,1-2H2,3-4H3. The fraction of sp³-hybridized carbons (Fsp3) is 0.300. The van der Waals surface area contributed by atoms with Gasteiger partial charge in [-0.1, -0.05) is 13.2 Å². The molecule has 1 atom stereocenters. The summed E-state index contributed by atoms with van der Waals surface area (Å²) in [6.07, 6.45) is -0.677. The maximum absolute atomic E-state index is 11.2. The quantitative estimate of drug-likeness (QED) is 0.374. The smallest absolute Gasteiger partial charge is 0.352 e. The molecule has 0 aliphatic carbocycles. The molecule has 1 unspecified atom stereocenters. The first-order valence-electron chi connectivity index (χ1n) is 4.15. The molecule has 0 fully saturated rings. The highest BCUT2D eigenvalue weighted by Crippen LogP contribution is 2.09. The third-order valence-electron chi connectivity index (χ3n) is 1.58. The molecule has 0 aliphatic rings. The largest absolute Gasteiger partial charge is 0.466 e. The molecule has 0 saturated heterocycles. The molecule has 0 radical (unpaired) electrons. The van der Waals surface area contributed by atoms with Crippen LogP contribution in [-0.4, -0.2) is 38.2 Å². The molecule has 0 aromatic rings. The first kappa shape index (κ1) is 13.9. The molecule has 0 heterocycles. The third kappa shape index (κ3) is 3.56. The van der Waals surface area contributed by atoms with E-state index in [1.807, 2.05) is 0 Å². The van der Waals surface area contributed by atoms with Gasteiger partial charge in [-0.15, -0.1) is 0 Å². The molecule has 0 saturated carbocycles. The van der Waals surface area contributed by atoms with Gasteiger partial charge in [0.1, 0.15) is 0 Å². The molecule has 0 spiro atoms. The third-order valence-corrected chi connectivity index (χ3v) is 1.58. The van der Waals surface area contributed by atoms with Crippen molar-refractivity contribution in [2.45, 2.75) is 6.10 Å². The van der Waals surface area contributed by atoms with Gasteiger partial charge in [-0.3, -0.25) is 0 Å². The second-order valence-corrected chi connectivity index (χ2v) is 2.56. The molecular weight excluding hydrogens is 216 g/mol. The zero-order chi connectivity index (χ0) is 12.7. The summed E-state index contributed by atoms with van der Waals surface area (Å²) in [6.45, 7) is 6.45. The molecule has 0 aromatic heterocycles. The van der Waals surface area contributed by atoms with Crippen LogP contribution in [0.1, 0.15) is 0 Å². The number of esters is 3. The van der Waals surface area contributed by atoms with E-state index in [2.05, 4.69) is 27.4 Å². The molecule has 0 aromatic carbocycles. The van der Waals surface area contributed by atoms with Crippen LogP contribution in [0.3, 0.4) is 0 Å². The molecule has 16 heavy (non-hydrogen) atoms. The molecule has 0 N–H and O–H groups in total. The normalized spacial score (nSPS) is 10.9. The van der Waals surface area contributed by atoms with E-state index in [0.717, 1.165) is 20.3 Å². The van der Waals surface area contributed by atoms with Gasteiger partial charge >= 0.3 is 17.9 Å². The summed E-state index contributed by atoms with van der Waals surface area (Å²) < 4.78 is 13.3. The fourth-order valence-electron chi connectivity index (χ4n) is 0.771. The average Bonchev–Trinajstić information content (AvgIpc) is 2.32. The van der Waals surface area contributed by atoms with Crippen molar-refractivity contribution < 1.29 is 28.6 Å². The lowest BCUT2D eigenvalue weighted by Crippen LogP contribution is -2.32. The molecule has 88 valence electrons. The van der Waals surface area contributed by atoms with E-state index in [0.29, 0.717) is 0 Å². The van der Waals surface area contributed by atoms with Gasteiger partial charge in [-0.05, 0) is 0 Å². The summed E-state index contributed by atoms with van der Waals surface area (Å²) >= 11 is 0. The molecule has 0 bridgehead atoms. The van der Waals surface area contributed by atoms with Crippen LogP contribution in [0.15, 0.2) is 24.8 Å². The molecule has 0 rings (SSSR count). The minimum absolute atomic E-state index is 0.329. The van der Waals surface area contributed by atoms with Crippen LogP contribution in [0.4, 0.5) is 0 Å². The summed E-state index contributed by atoms with van der Waals surface area (Å²) in [7, 11) is 2.19. The monoisotopic (exact) mass is 228 g/mol. The Hall–Kier alpha value is -2.11. The van der Waals surface area contributed by atoms with Crippen LogP contribution in [0, 0.1) is 0 Å². The van der Waals surface area contributed by atoms with Gasteiger partial charge in [0, 0.05) is 6.08 Å². The van der Waals surface area contributed by atoms with Gasteiger partial charge in [0.15, 0.2) is 0 Å². The molecule has 6 nitrogen and oxygen atoms in total. The van der Waals surface area contributed by atoms with Gasteiger partial charge < -0.3 is 14.2 Å². The van der Waals surface area contributed by atoms with Crippen LogP contribution in [0.2, 0.25) is 0 Å². The highest BCUT2D eigenvalue weighted by molar-refractivity contribution is 5.98. The second-order valence-electron chi connectivity index (χ2n) is 2.56. The number of methoxy groups -OCH3 is 2. The minimum atomic E-state index is -1.53. The topological polar surface area (TPSA) is 78.9 Å². The van der Waals surface area contributed by atoms with Crippen molar-refractivity contribution in [1.82, 2.24) is 0 Å². The van der Waals surface area contributed by atoms with Gasteiger partial charge in [0.25, 0.3) is 0 Å². The van der Waals surface area contributed by atoms with Crippen LogP contribution < -0.4 is 0 Å². The minimum Gasteiger partial charge on any atom is -0.466 e. The summed E-state index contributed by atoms with van der Waals surface area (Å²) in [5.41, 5.74) is -0.329. The molecule has 0 aliphatic heterocycles. The van der Waals surface area contributed by atoms with Gasteiger partial charge in [-0.25, -0.2) is 14.4 Å². The Morgan fingerprint density at radius 2 is 1.75 bits per heavy atom. The number of carbonyl (C=O) groups excluding carboxylic acids is 3. The second kappa shape index (κ2) is 6.39. The van der Waals surface area contributed by atoms with E-state index in [4.69, 9.17) is 0 Å². The summed E-state index contributed by atoms with van der Waals surface area (Å²) in [5, 5.41) is 0. The lowest BCUT2D eigenvalue weighted by molar-refractivity contribution is -0.162. The highest BCUT2D eigenvalue weighted by Gasteiger charge is 2.30. The van der Waals surface area contributed by atoms with E-state index < -0.39 is 24.0 Å². The van der Waals surface area contributed by atoms with E-state index >= 15 is 0 Å². The Morgan fingerprint density at radius 3 is 2.12 bits per heavy atom. The zero-order valence-electron chi connectivity index (χ0n) is 9.02. The van der Waals surface area contributed by atoms with Gasteiger partial charge in [0.2, 0.25) is 6.10 Å². The number of ether oxygens (including phenoxy) is 3. The van der Waals surface area contributed by atoms with Crippen LogP contribution in [0.5, 0.6) is 0 Å². The summed E-state index contributed by atoms with van der Waals surface area (Å²) in [6, 6.07) is 0. The number of rotatable bonds is 5. The average molecular weight is 228 g/mol. The Kier molecular flexibility index (Phi) is 5.55. The van der Waals surface area contributed by atoms with Crippen LogP contribution in [0.25, 0.3) is 0 Å². The SMILES string of the molecule is C=CC(=O)OC(C(=C)C(=O)OC)C(=O)OC. The Balaban J connectivity index is 4.87. The van der Waals surface area contributed by atoms with E-state index in [9.17, 15) is 14.4 Å². The van der Waals surface area contributed by atoms with Crippen molar-refractivity contribution in [2.75, 3.05) is 14.2 Å². The Bertz CT molecular complexity index is 330. The van der Waals surface area contributed by atoms with Gasteiger partial charge in [0.05, 0.1) is 19.8 Å². The van der Waals surface area contributed by atoms with Crippen LogP contribution in [-0.2, 0) is 28.6 Å². The maximum Gasteiger partial charge on any atom is 0.352 e. The first-order chi connectivity index (χ1) is 7.47. The number of hydrogen-bond donors (Lipinski definition) is 0. The van der Waals surface area contributed by atoms with E-state index in [-0.39, 0.29) is 5.57 Å². The maximum atomic E-state index is 11.2. The van der Waals surface area contributed by atoms with E-state index in [1.165, 1.54) is 0 Å². The van der Waals surface area contributed by atoms with Crippen molar-refractivity contribution in [2.24, 2.45) is 0 Å². The van der Waals surface area contributed by atoms with E-state index in [1.54, 1.807) is 0 Å². The predicted molar refractivity (Wildman–Crippen MR) is 53.2 cm³/mol. The van der Waals surface area contributed by atoms with Gasteiger partial charge in [-0.2, -0.15) is 0 Å². The zero-order valence-corrected chi connectivity index (χ0v) is 9.02. The van der Waals surface area contributed by atoms with Crippen molar-refractivity contribution in [3.05, 3.63) is 24.8 Å². The molecule has 6 heteroatoms. The van der Waals surface area contributed by atoms with Crippen molar-refractivity contribution in [1.29, 1.82) is 0 Å². The highest BCUT2D eigenvalue weighted by atomic mass is 16.6. The van der Waals surface area contributed by atoms with Crippen molar-refractivity contribution >= 4 is 17.9 Å².